The summed E-state index contributed by atoms with van der Waals surface area (Å²) in [7, 11) is 0. The summed E-state index contributed by atoms with van der Waals surface area (Å²) in [6.07, 6.45) is 48.0. The number of nitrogens with one attached hydrogen (secondary N) is 2. The Morgan fingerprint density at radius 1 is 0.491 bits per heavy atom. The van der Waals surface area contributed by atoms with Crippen molar-refractivity contribution >= 4 is 11.9 Å². The fourth-order valence-corrected chi connectivity index (χ4v) is 7.05. The number of carboxylic acids is 1. The number of carbonyl (C=O) groups excluding carboxylic acids is 1. The molecule has 0 rings (SSSR count). The highest BCUT2D eigenvalue weighted by molar-refractivity contribution is 5.83. The topological polar surface area (TPSA) is 108 Å². The van der Waals surface area contributed by atoms with Crippen LogP contribution in [0.15, 0.2) is 24.3 Å². The maximum Gasteiger partial charge on any atom is 0.321 e. The van der Waals surface area contributed by atoms with Gasteiger partial charge in [-0.15, -0.1) is 0 Å². The Labute approximate surface area is 329 Å². The molecule has 53 heavy (non-hydrogen) atoms. The lowest BCUT2D eigenvalue weighted by Crippen LogP contribution is -2.45. The summed E-state index contributed by atoms with van der Waals surface area (Å²) in [4.78, 5) is 25.6. The maximum atomic E-state index is 12.0. The minimum absolute atomic E-state index is 0.138. The van der Waals surface area contributed by atoms with E-state index < -0.39 is 17.9 Å². The minimum atomic E-state index is -0.960. The number of hydrogen-bond acceptors (Lipinski definition) is 5. The van der Waals surface area contributed by atoms with Crippen LogP contribution in [-0.4, -0.2) is 67.2 Å². The minimum Gasteiger partial charge on any atom is -0.480 e. The van der Waals surface area contributed by atoms with Gasteiger partial charge in [-0.25, -0.2) is 0 Å². The zero-order valence-corrected chi connectivity index (χ0v) is 35.3. The summed E-state index contributed by atoms with van der Waals surface area (Å²) < 4.78 is 0. The number of unbranched alkanes of at least 4 members (excludes halogenated alkanes) is 24. The van der Waals surface area contributed by atoms with Crippen molar-refractivity contribution in [2.45, 2.75) is 219 Å². The Hall–Kier alpha value is -1.70. The van der Waals surface area contributed by atoms with E-state index in [1.165, 1.54) is 180 Å². The summed E-state index contributed by atoms with van der Waals surface area (Å²) >= 11 is 0. The van der Waals surface area contributed by atoms with Gasteiger partial charge in [0.05, 0.1) is 6.42 Å². The van der Waals surface area contributed by atoms with Crippen LogP contribution in [0.3, 0.4) is 0 Å². The van der Waals surface area contributed by atoms with Gasteiger partial charge in [0, 0.05) is 13.1 Å². The van der Waals surface area contributed by atoms with Crippen molar-refractivity contribution in [2.75, 3.05) is 39.3 Å². The fourth-order valence-electron chi connectivity index (χ4n) is 7.05. The Bertz CT molecular complexity index is 784. The predicted octanol–water partition coefficient (Wildman–Crippen LogP) is 11.7. The molecule has 0 saturated carbocycles. The van der Waals surface area contributed by atoms with Crippen molar-refractivity contribution in [2.24, 2.45) is 5.73 Å². The molecule has 0 radical (unpaired) electrons. The molecule has 0 aromatic heterocycles. The lowest BCUT2D eigenvalue weighted by Gasteiger charge is -2.28. The normalized spacial score (nSPS) is 12.5. The Morgan fingerprint density at radius 3 is 1.11 bits per heavy atom. The van der Waals surface area contributed by atoms with Gasteiger partial charge in [0.2, 0.25) is 5.91 Å². The molecule has 0 aliphatic carbocycles. The van der Waals surface area contributed by atoms with Crippen LogP contribution in [0.2, 0.25) is 0 Å². The Kier molecular flexibility index (Phi) is 41.7. The molecule has 0 aliphatic rings. The molecule has 0 spiro atoms. The second-order valence-corrected chi connectivity index (χ2v) is 15.6. The van der Waals surface area contributed by atoms with E-state index in [-0.39, 0.29) is 6.42 Å². The molecule has 1 amide bonds. The van der Waals surface area contributed by atoms with E-state index in [0.717, 1.165) is 39.0 Å². The number of amides is 1. The number of primary amides is 1. The number of hydrogen-bond donors (Lipinski definition) is 4. The van der Waals surface area contributed by atoms with E-state index in [4.69, 9.17) is 5.73 Å². The van der Waals surface area contributed by atoms with E-state index in [1.807, 2.05) is 4.90 Å². The molecule has 0 aromatic rings. The van der Waals surface area contributed by atoms with Crippen LogP contribution < -0.4 is 16.4 Å². The number of allylic oxidation sites excluding steroid dienone is 4. The fraction of sp³-hybridized carbons (Fsp3) is 0.870. The molecule has 0 heterocycles. The zero-order chi connectivity index (χ0) is 38.7. The van der Waals surface area contributed by atoms with Crippen molar-refractivity contribution in [3.63, 3.8) is 0 Å². The van der Waals surface area contributed by atoms with Crippen LogP contribution in [0, 0.1) is 0 Å². The summed E-state index contributed by atoms with van der Waals surface area (Å²) in [5, 5.41) is 16.9. The molecular weight excluding hydrogens is 657 g/mol. The number of nitrogens with zero attached hydrogens (tertiary/aromatic N) is 1. The molecule has 0 saturated heterocycles. The molecule has 5 N–H and O–H groups in total. The highest BCUT2D eigenvalue weighted by Gasteiger charge is 2.26. The quantitative estimate of drug-likeness (QED) is 0.0365. The molecule has 0 bridgehead atoms. The summed E-state index contributed by atoms with van der Waals surface area (Å²) in [5.41, 5.74) is 5.42. The molecular formula is C46H90N4O3. The smallest absolute Gasteiger partial charge is 0.321 e. The average molecular weight is 747 g/mol. The van der Waals surface area contributed by atoms with Gasteiger partial charge in [-0.1, -0.05) is 154 Å². The lowest BCUT2D eigenvalue weighted by molar-refractivity contribution is -0.145. The third-order valence-electron chi connectivity index (χ3n) is 10.4. The third-order valence-corrected chi connectivity index (χ3v) is 10.4. The van der Waals surface area contributed by atoms with Crippen molar-refractivity contribution in [1.29, 1.82) is 0 Å². The van der Waals surface area contributed by atoms with Crippen LogP contribution >= 0.6 is 0 Å². The first-order valence-electron chi connectivity index (χ1n) is 23.0. The molecule has 7 heteroatoms. The number of aliphatic carboxylic acids is 1. The number of nitrogens with two attached hydrogens (primary N) is 1. The van der Waals surface area contributed by atoms with Crippen LogP contribution in [0.1, 0.15) is 213 Å². The van der Waals surface area contributed by atoms with Gasteiger partial charge in [0.1, 0.15) is 6.04 Å². The molecule has 1 atom stereocenters. The van der Waals surface area contributed by atoms with Gasteiger partial charge in [-0.2, -0.15) is 0 Å². The second kappa shape index (κ2) is 43.0. The van der Waals surface area contributed by atoms with Gasteiger partial charge in [0.25, 0.3) is 0 Å². The van der Waals surface area contributed by atoms with Crippen LogP contribution in [0.5, 0.6) is 0 Å². The maximum absolute atomic E-state index is 12.0. The average Bonchev–Trinajstić information content (AvgIpc) is 3.14. The van der Waals surface area contributed by atoms with Crippen LogP contribution in [-0.2, 0) is 9.59 Å². The molecule has 0 aliphatic heterocycles. The standard InChI is InChI=1S/C46H90N4O3/c1-3-5-7-9-11-13-15-17-19-21-23-25-27-29-31-33-37-48-39-35-41-50(44(46(52)53)43-45(47)51)42-36-40-49-38-34-32-30-28-26-24-22-20-18-16-14-12-10-8-6-4-2/h17-20,44,48-49H,3-16,21-43H2,1-2H3,(H2,47,51)(H,52,53)/b19-17-,20-18+/t44-/m0/s1. The number of carbonyl (C=O) groups is 2. The van der Waals surface area contributed by atoms with Gasteiger partial charge in [-0.05, 0) is 103 Å². The number of carboxylic acid groups (broad SMARTS) is 1. The largest absolute Gasteiger partial charge is 0.480 e. The highest BCUT2D eigenvalue weighted by Crippen LogP contribution is 2.12. The van der Waals surface area contributed by atoms with Gasteiger partial charge >= 0.3 is 5.97 Å². The molecule has 7 nitrogen and oxygen atoms in total. The van der Waals surface area contributed by atoms with Crippen molar-refractivity contribution in [3.8, 4) is 0 Å². The van der Waals surface area contributed by atoms with E-state index in [2.05, 4.69) is 48.8 Å². The van der Waals surface area contributed by atoms with Crippen molar-refractivity contribution in [3.05, 3.63) is 24.3 Å². The predicted molar refractivity (Wildman–Crippen MR) is 231 cm³/mol. The zero-order valence-electron chi connectivity index (χ0n) is 35.3. The number of rotatable bonds is 44. The SMILES string of the molecule is CCCCCCCC/C=C\CCCCCCCCNCCCN(CCCNCCCCCCCC/C=C/CCCCCCCC)[C@@H](CC(N)=O)C(=O)O. The Balaban J connectivity index is 3.87. The molecule has 0 aromatic carbocycles. The van der Waals surface area contributed by atoms with Crippen molar-refractivity contribution in [1.82, 2.24) is 15.5 Å². The highest BCUT2D eigenvalue weighted by atomic mass is 16.4. The van der Waals surface area contributed by atoms with Crippen molar-refractivity contribution < 1.29 is 14.7 Å². The summed E-state index contributed by atoms with van der Waals surface area (Å²) in [6.45, 7) is 9.58. The van der Waals surface area contributed by atoms with E-state index >= 15 is 0 Å². The van der Waals surface area contributed by atoms with E-state index in [9.17, 15) is 14.7 Å². The first-order valence-corrected chi connectivity index (χ1v) is 23.0. The van der Waals surface area contributed by atoms with E-state index in [0.29, 0.717) is 13.1 Å². The first-order chi connectivity index (χ1) is 26.0. The summed E-state index contributed by atoms with van der Waals surface area (Å²) in [5.74, 6) is -1.52. The van der Waals surface area contributed by atoms with Gasteiger partial charge in [0.15, 0.2) is 0 Å². The van der Waals surface area contributed by atoms with Crippen LogP contribution in [0.4, 0.5) is 0 Å². The molecule has 0 unspecified atom stereocenters. The molecule has 0 fully saturated rings. The van der Waals surface area contributed by atoms with Crippen LogP contribution in [0.25, 0.3) is 0 Å². The lowest BCUT2D eigenvalue weighted by atomic mass is 10.1. The monoisotopic (exact) mass is 747 g/mol. The van der Waals surface area contributed by atoms with Gasteiger partial charge < -0.3 is 21.5 Å². The molecule has 312 valence electrons. The van der Waals surface area contributed by atoms with E-state index in [1.54, 1.807) is 0 Å². The Morgan fingerprint density at radius 2 is 0.792 bits per heavy atom. The van der Waals surface area contributed by atoms with Gasteiger partial charge in [-0.3, -0.25) is 14.5 Å². The third kappa shape index (κ3) is 39.8. The first kappa shape index (κ1) is 51.3. The summed E-state index contributed by atoms with van der Waals surface area (Å²) in [6, 6.07) is -0.848. The second-order valence-electron chi connectivity index (χ2n) is 15.6.